The van der Waals surface area contributed by atoms with Gasteiger partial charge in [-0.1, -0.05) is 36.4 Å². The van der Waals surface area contributed by atoms with Crippen LogP contribution in [0.15, 0.2) is 48.5 Å². The van der Waals surface area contributed by atoms with Gasteiger partial charge in [0.25, 0.3) is 0 Å². The van der Waals surface area contributed by atoms with Gasteiger partial charge in [-0.05, 0) is 62.7 Å². The van der Waals surface area contributed by atoms with Gasteiger partial charge in [-0.15, -0.1) is 0 Å². The summed E-state index contributed by atoms with van der Waals surface area (Å²) in [5.74, 6) is 1.17. The van der Waals surface area contributed by atoms with Crippen LogP contribution in [0.4, 0.5) is 0 Å². The number of nitrogens with two attached hydrogens (primary N) is 1. The lowest BCUT2D eigenvalue weighted by Gasteiger charge is -2.22. The van der Waals surface area contributed by atoms with Gasteiger partial charge in [0, 0.05) is 25.6 Å². The maximum absolute atomic E-state index is 12.2. The molecule has 2 aromatic rings. The van der Waals surface area contributed by atoms with E-state index in [4.69, 9.17) is 32.2 Å². The molecular weight excluding hydrogens is 450 g/mol. The summed E-state index contributed by atoms with van der Waals surface area (Å²) in [6, 6.07) is 15.9. The Bertz CT molecular complexity index is 916. The Kier molecular flexibility index (Phi) is 11.1. The number of hydrogen-bond acceptors (Lipinski definition) is 6. The molecule has 1 unspecified atom stereocenters. The van der Waals surface area contributed by atoms with Crippen molar-refractivity contribution >= 4 is 23.3 Å². The summed E-state index contributed by atoms with van der Waals surface area (Å²) in [4.78, 5) is 12.2. The summed E-state index contributed by atoms with van der Waals surface area (Å²) in [5, 5.41) is 7.01. The second-order valence-corrected chi connectivity index (χ2v) is 9.50. The largest absolute Gasteiger partial charge is 0.493 e. The molecule has 0 aliphatic carbocycles. The summed E-state index contributed by atoms with van der Waals surface area (Å²) in [7, 11) is 1.60. The SMILES string of the molecule is COc1cc(CNC(=S)NCC(COC(=O)C(C)(C)C)Cc2ccccc2)ccc1OCCN. The van der Waals surface area contributed by atoms with Crippen LogP contribution in [0.3, 0.4) is 0 Å². The zero-order valence-electron chi connectivity index (χ0n) is 20.6. The molecule has 0 aliphatic rings. The molecule has 0 saturated heterocycles. The van der Waals surface area contributed by atoms with Crippen LogP contribution in [0.25, 0.3) is 0 Å². The normalized spacial score (nSPS) is 11.9. The first-order valence-corrected chi connectivity index (χ1v) is 11.9. The highest BCUT2D eigenvalue weighted by molar-refractivity contribution is 7.80. The summed E-state index contributed by atoms with van der Waals surface area (Å²) in [6.07, 6.45) is 0.773. The van der Waals surface area contributed by atoms with Crippen LogP contribution >= 0.6 is 12.2 Å². The van der Waals surface area contributed by atoms with Gasteiger partial charge in [0.05, 0.1) is 19.1 Å². The minimum Gasteiger partial charge on any atom is -0.493 e. The zero-order chi connectivity index (χ0) is 25.0. The Morgan fingerprint density at radius 3 is 2.44 bits per heavy atom. The minimum absolute atomic E-state index is 0.0764. The predicted octanol–water partition coefficient (Wildman–Crippen LogP) is 3.45. The molecule has 0 aliphatic heterocycles. The molecule has 2 aromatic carbocycles. The highest BCUT2D eigenvalue weighted by Gasteiger charge is 2.24. The van der Waals surface area contributed by atoms with Crippen molar-refractivity contribution in [2.75, 3.05) is 33.4 Å². The molecule has 0 bridgehead atoms. The second-order valence-electron chi connectivity index (χ2n) is 9.09. The van der Waals surface area contributed by atoms with Crippen molar-refractivity contribution in [2.24, 2.45) is 17.1 Å². The minimum atomic E-state index is -0.534. The van der Waals surface area contributed by atoms with Gasteiger partial charge in [0.1, 0.15) is 6.61 Å². The summed E-state index contributed by atoms with van der Waals surface area (Å²) < 4.78 is 16.6. The predicted molar refractivity (Wildman–Crippen MR) is 139 cm³/mol. The van der Waals surface area contributed by atoms with E-state index in [0.29, 0.717) is 49.5 Å². The summed E-state index contributed by atoms with van der Waals surface area (Å²) in [5.41, 5.74) is 7.15. The lowest BCUT2D eigenvalue weighted by atomic mass is 9.97. The van der Waals surface area contributed by atoms with Crippen LogP contribution in [-0.4, -0.2) is 44.5 Å². The first-order chi connectivity index (χ1) is 16.2. The van der Waals surface area contributed by atoms with Crippen molar-refractivity contribution < 1.29 is 19.0 Å². The molecule has 0 heterocycles. The second kappa shape index (κ2) is 13.8. The Morgan fingerprint density at radius 1 is 1.06 bits per heavy atom. The highest BCUT2D eigenvalue weighted by Crippen LogP contribution is 2.28. The topological polar surface area (TPSA) is 94.8 Å². The zero-order valence-corrected chi connectivity index (χ0v) is 21.4. The molecule has 186 valence electrons. The number of benzene rings is 2. The van der Waals surface area contributed by atoms with Crippen molar-refractivity contribution in [2.45, 2.75) is 33.7 Å². The monoisotopic (exact) mass is 487 g/mol. The van der Waals surface area contributed by atoms with E-state index in [-0.39, 0.29) is 11.9 Å². The average molecular weight is 488 g/mol. The first kappa shape index (κ1) is 27.4. The van der Waals surface area contributed by atoms with E-state index in [1.54, 1.807) is 7.11 Å². The van der Waals surface area contributed by atoms with Crippen LogP contribution in [0.1, 0.15) is 31.9 Å². The Hall–Kier alpha value is -2.84. The van der Waals surface area contributed by atoms with Gasteiger partial charge >= 0.3 is 5.97 Å². The smallest absolute Gasteiger partial charge is 0.311 e. The van der Waals surface area contributed by atoms with Crippen molar-refractivity contribution in [3.63, 3.8) is 0 Å². The van der Waals surface area contributed by atoms with E-state index in [1.165, 1.54) is 5.56 Å². The fraction of sp³-hybridized carbons (Fsp3) is 0.462. The molecule has 34 heavy (non-hydrogen) atoms. The fourth-order valence-electron chi connectivity index (χ4n) is 3.14. The summed E-state index contributed by atoms with van der Waals surface area (Å²) >= 11 is 5.48. The highest BCUT2D eigenvalue weighted by atomic mass is 32.1. The van der Waals surface area contributed by atoms with E-state index in [2.05, 4.69) is 22.8 Å². The van der Waals surface area contributed by atoms with Gasteiger partial charge < -0.3 is 30.6 Å². The van der Waals surface area contributed by atoms with Crippen LogP contribution in [0.5, 0.6) is 11.5 Å². The fourth-order valence-corrected chi connectivity index (χ4v) is 3.29. The molecule has 0 saturated carbocycles. The number of ether oxygens (including phenoxy) is 3. The number of thiocarbonyl (C=S) groups is 1. The number of rotatable bonds is 12. The number of methoxy groups -OCH3 is 1. The van der Waals surface area contributed by atoms with Gasteiger partial charge in [0.2, 0.25) is 0 Å². The molecule has 0 amide bonds. The van der Waals surface area contributed by atoms with Crippen molar-refractivity contribution in [3.8, 4) is 11.5 Å². The molecule has 0 radical (unpaired) electrons. The van der Waals surface area contributed by atoms with Crippen molar-refractivity contribution in [3.05, 3.63) is 59.7 Å². The van der Waals surface area contributed by atoms with Crippen LogP contribution in [-0.2, 0) is 22.5 Å². The van der Waals surface area contributed by atoms with E-state index < -0.39 is 5.41 Å². The van der Waals surface area contributed by atoms with E-state index in [1.807, 2.05) is 57.2 Å². The van der Waals surface area contributed by atoms with E-state index >= 15 is 0 Å². The first-order valence-electron chi connectivity index (χ1n) is 11.5. The Morgan fingerprint density at radius 2 is 1.79 bits per heavy atom. The standard InChI is InChI=1S/C26H37N3O4S/c1-26(2,3)24(30)33-18-21(14-19-8-6-5-7-9-19)17-29-25(34)28-16-20-10-11-22(32-13-12-27)23(15-20)31-4/h5-11,15,21H,12-14,16-18,27H2,1-4H3,(H2,28,29,34). The molecule has 0 fully saturated rings. The lowest BCUT2D eigenvalue weighted by Crippen LogP contribution is -2.39. The Balaban J connectivity index is 1.90. The molecule has 0 aromatic heterocycles. The molecule has 0 spiro atoms. The van der Waals surface area contributed by atoms with Crippen LogP contribution in [0.2, 0.25) is 0 Å². The molecular formula is C26H37N3O4S. The van der Waals surface area contributed by atoms with Gasteiger partial charge in [0.15, 0.2) is 16.6 Å². The molecule has 4 N–H and O–H groups in total. The van der Waals surface area contributed by atoms with E-state index in [0.717, 1.165) is 12.0 Å². The summed E-state index contributed by atoms with van der Waals surface area (Å²) in [6.45, 7) is 7.85. The number of carbonyl (C=O) groups excluding carboxylic acids is 1. The number of esters is 1. The number of hydrogen-bond donors (Lipinski definition) is 3. The van der Waals surface area contributed by atoms with E-state index in [9.17, 15) is 4.79 Å². The number of nitrogens with one attached hydrogen (secondary N) is 2. The van der Waals surface area contributed by atoms with Crippen LogP contribution < -0.4 is 25.8 Å². The average Bonchev–Trinajstić information content (AvgIpc) is 2.83. The third-order valence-corrected chi connectivity index (χ3v) is 5.33. The molecule has 7 nitrogen and oxygen atoms in total. The van der Waals surface area contributed by atoms with Crippen molar-refractivity contribution in [1.29, 1.82) is 0 Å². The third kappa shape index (κ3) is 9.57. The maximum atomic E-state index is 12.2. The third-order valence-electron chi connectivity index (χ3n) is 5.04. The number of carbonyl (C=O) groups is 1. The Labute approximate surface area is 208 Å². The van der Waals surface area contributed by atoms with Gasteiger partial charge in [-0.25, -0.2) is 0 Å². The lowest BCUT2D eigenvalue weighted by molar-refractivity contribution is -0.154. The van der Waals surface area contributed by atoms with Crippen LogP contribution in [0, 0.1) is 11.3 Å². The quantitative estimate of drug-likeness (QED) is 0.310. The molecule has 1 atom stereocenters. The molecule has 2 rings (SSSR count). The molecule has 8 heteroatoms. The van der Waals surface area contributed by atoms with Gasteiger partial charge in [-0.3, -0.25) is 4.79 Å². The van der Waals surface area contributed by atoms with Gasteiger partial charge in [-0.2, -0.15) is 0 Å². The van der Waals surface area contributed by atoms with Crippen molar-refractivity contribution in [1.82, 2.24) is 10.6 Å². The maximum Gasteiger partial charge on any atom is 0.311 e.